The second-order valence-corrected chi connectivity index (χ2v) is 7.09. The summed E-state index contributed by atoms with van der Waals surface area (Å²) < 4.78 is 127. The molecular formula is C17H17F9O2. The predicted molar refractivity (Wildman–Crippen MR) is 80.0 cm³/mol. The van der Waals surface area contributed by atoms with Crippen molar-refractivity contribution in [3.63, 3.8) is 0 Å². The van der Waals surface area contributed by atoms with Gasteiger partial charge in [-0.3, -0.25) is 0 Å². The Morgan fingerprint density at radius 2 is 1.21 bits per heavy atom. The van der Waals surface area contributed by atoms with Crippen LogP contribution in [0.15, 0.2) is 24.3 Å². The molecule has 1 fully saturated rings. The third-order valence-electron chi connectivity index (χ3n) is 4.50. The SMILES string of the molecule is CC(C)COc1ccc(C(O)CC2(F)C(F)(F)C(F)(F)C(F)(F)C2(F)F)cc1. The number of aliphatic hydroxyl groups is 1. The van der Waals surface area contributed by atoms with Crippen molar-refractivity contribution < 1.29 is 49.4 Å². The van der Waals surface area contributed by atoms with E-state index in [1.54, 1.807) is 0 Å². The van der Waals surface area contributed by atoms with Gasteiger partial charge in [0.2, 0.25) is 0 Å². The van der Waals surface area contributed by atoms with Crippen LogP contribution in [0.2, 0.25) is 0 Å². The molecular weight excluding hydrogens is 407 g/mol. The molecule has 1 aromatic rings. The number of halogens is 9. The molecule has 0 spiro atoms. The van der Waals surface area contributed by atoms with Crippen LogP contribution in [0.3, 0.4) is 0 Å². The average molecular weight is 424 g/mol. The maximum Gasteiger partial charge on any atom is 0.381 e. The average Bonchev–Trinajstić information content (AvgIpc) is 2.63. The van der Waals surface area contributed by atoms with Crippen LogP contribution in [0.4, 0.5) is 39.5 Å². The molecule has 0 saturated heterocycles. The van der Waals surface area contributed by atoms with Gasteiger partial charge in [-0.25, -0.2) is 4.39 Å². The smallest absolute Gasteiger partial charge is 0.381 e. The topological polar surface area (TPSA) is 29.5 Å². The molecule has 1 aliphatic carbocycles. The summed E-state index contributed by atoms with van der Waals surface area (Å²) >= 11 is 0. The van der Waals surface area contributed by atoms with E-state index in [0.717, 1.165) is 12.1 Å². The van der Waals surface area contributed by atoms with Gasteiger partial charge in [-0.2, -0.15) is 35.1 Å². The van der Waals surface area contributed by atoms with Gasteiger partial charge in [-0.15, -0.1) is 0 Å². The Kier molecular flexibility index (Phi) is 5.42. The van der Waals surface area contributed by atoms with Crippen LogP contribution in [0.1, 0.15) is 31.9 Å². The molecule has 160 valence electrons. The Morgan fingerprint density at radius 1 is 0.786 bits per heavy atom. The van der Waals surface area contributed by atoms with E-state index >= 15 is 0 Å². The first kappa shape index (κ1) is 22.6. The summed E-state index contributed by atoms with van der Waals surface area (Å²) in [7, 11) is 0. The third-order valence-corrected chi connectivity index (χ3v) is 4.50. The minimum Gasteiger partial charge on any atom is -0.493 e. The van der Waals surface area contributed by atoms with E-state index in [-0.39, 0.29) is 18.3 Å². The highest BCUT2D eigenvalue weighted by Crippen LogP contribution is 2.70. The van der Waals surface area contributed by atoms with Gasteiger partial charge in [0, 0.05) is 6.42 Å². The van der Waals surface area contributed by atoms with E-state index in [0.29, 0.717) is 0 Å². The highest BCUT2D eigenvalue weighted by Gasteiger charge is 3.00. The molecule has 0 aliphatic heterocycles. The first-order chi connectivity index (χ1) is 12.5. The molecule has 0 heterocycles. The van der Waals surface area contributed by atoms with Crippen LogP contribution >= 0.6 is 0 Å². The van der Waals surface area contributed by atoms with Crippen molar-refractivity contribution in [2.45, 2.75) is 55.7 Å². The van der Waals surface area contributed by atoms with E-state index in [1.807, 2.05) is 13.8 Å². The summed E-state index contributed by atoms with van der Waals surface area (Å²) in [5.74, 6) is -25.7. The lowest BCUT2D eigenvalue weighted by Gasteiger charge is -2.32. The summed E-state index contributed by atoms with van der Waals surface area (Å²) in [4.78, 5) is 0. The monoisotopic (exact) mass is 424 g/mol. The molecule has 1 unspecified atom stereocenters. The predicted octanol–water partition coefficient (Wildman–Crippen LogP) is 5.41. The molecule has 0 bridgehead atoms. The minimum atomic E-state index is -6.65. The fraction of sp³-hybridized carbons (Fsp3) is 0.647. The fourth-order valence-electron chi connectivity index (χ4n) is 2.78. The van der Waals surface area contributed by atoms with Crippen LogP contribution in [-0.2, 0) is 0 Å². The van der Waals surface area contributed by atoms with E-state index in [9.17, 15) is 44.6 Å². The lowest BCUT2D eigenvalue weighted by atomic mass is 9.88. The molecule has 1 aliphatic rings. The lowest BCUT2D eigenvalue weighted by molar-refractivity contribution is -0.303. The Morgan fingerprint density at radius 3 is 1.61 bits per heavy atom. The zero-order valence-electron chi connectivity index (χ0n) is 14.6. The Balaban J connectivity index is 2.30. The van der Waals surface area contributed by atoms with Crippen molar-refractivity contribution >= 4 is 0 Å². The summed E-state index contributed by atoms with van der Waals surface area (Å²) in [5, 5.41) is 9.82. The van der Waals surface area contributed by atoms with Crippen LogP contribution in [-0.4, -0.2) is 41.1 Å². The van der Waals surface area contributed by atoms with E-state index < -0.39 is 47.4 Å². The molecule has 28 heavy (non-hydrogen) atoms. The first-order valence-electron chi connectivity index (χ1n) is 8.14. The molecule has 1 saturated carbocycles. The van der Waals surface area contributed by atoms with Gasteiger partial charge in [-0.05, 0) is 23.6 Å². The largest absolute Gasteiger partial charge is 0.493 e. The molecule has 1 aromatic carbocycles. The summed E-state index contributed by atoms with van der Waals surface area (Å²) in [6, 6.07) is 4.37. The molecule has 2 nitrogen and oxygen atoms in total. The molecule has 11 heteroatoms. The van der Waals surface area contributed by atoms with E-state index in [1.165, 1.54) is 12.1 Å². The number of hydrogen-bond donors (Lipinski definition) is 1. The first-order valence-corrected chi connectivity index (χ1v) is 8.14. The highest BCUT2D eigenvalue weighted by atomic mass is 19.4. The Hall–Kier alpha value is -1.65. The standard InChI is InChI=1S/C17H17F9O2/c1-9(2)8-28-11-5-3-10(4-6-11)12(27)7-13(18)14(19,20)16(23,24)17(25,26)15(13,21)22/h3-6,9,12,27H,7-8H2,1-2H3. The number of rotatable bonds is 6. The van der Waals surface area contributed by atoms with Crippen molar-refractivity contribution in [3.8, 4) is 5.75 Å². The van der Waals surface area contributed by atoms with Crippen LogP contribution in [0.25, 0.3) is 0 Å². The second kappa shape index (κ2) is 6.70. The Labute approximate surface area is 154 Å². The number of ether oxygens (including phenoxy) is 1. The molecule has 1 atom stereocenters. The fourth-order valence-corrected chi connectivity index (χ4v) is 2.78. The van der Waals surface area contributed by atoms with Gasteiger partial charge in [-0.1, -0.05) is 26.0 Å². The highest BCUT2D eigenvalue weighted by molar-refractivity contribution is 5.31. The number of benzene rings is 1. The maximum absolute atomic E-state index is 14.4. The van der Waals surface area contributed by atoms with Crippen LogP contribution < -0.4 is 4.74 Å². The quantitative estimate of drug-likeness (QED) is 0.619. The van der Waals surface area contributed by atoms with Gasteiger partial charge < -0.3 is 9.84 Å². The van der Waals surface area contributed by atoms with E-state index in [2.05, 4.69) is 0 Å². The van der Waals surface area contributed by atoms with Gasteiger partial charge in [0.25, 0.3) is 5.67 Å². The minimum absolute atomic E-state index is 0.145. The third kappa shape index (κ3) is 2.93. The van der Waals surface area contributed by atoms with Crippen molar-refractivity contribution in [1.82, 2.24) is 0 Å². The normalized spacial score (nSPS) is 24.9. The molecule has 2 rings (SSSR count). The van der Waals surface area contributed by atoms with E-state index in [4.69, 9.17) is 4.74 Å². The van der Waals surface area contributed by atoms with Crippen molar-refractivity contribution in [3.05, 3.63) is 29.8 Å². The molecule has 0 aromatic heterocycles. The van der Waals surface area contributed by atoms with Crippen LogP contribution in [0.5, 0.6) is 5.75 Å². The Bertz CT molecular complexity index is 675. The lowest BCUT2D eigenvalue weighted by Crippen LogP contribution is -2.55. The molecule has 0 radical (unpaired) electrons. The molecule has 1 N–H and O–H groups in total. The number of aliphatic hydroxyl groups excluding tert-OH is 1. The van der Waals surface area contributed by atoms with Crippen molar-refractivity contribution in [2.75, 3.05) is 6.61 Å². The zero-order valence-corrected chi connectivity index (χ0v) is 14.6. The zero-order chi connectivity index (χ0) is 21.8. The van der Waals surface area contributed by atoms with Gasteiger partial charge in [0.05, 0.1) is 12.7 Å². The van der Waals surface area contributed by atoms with Gasteiger partial charge >= 0.3 is 23.7 Å². The number of alkyl halides is 9. The van der Waals surface area contributed by atoms with Gasteiger partial charge in [0.15, 0.2) is 0 Å². The maximum atomic E-state index is 14.4. The van der Waals surface area contributed by atoms with Gasteiger partial charge in [0.1, 0.15) is 5.75 Å². The van der Waals surface area contributed by atoms with Crippen LogP contribution in [0, 0.1) is 5.92 Å². The molecule has 0 amide bonds. The summed E-state index contributed by atoms with van der Waals surface area (Å²) in [6.45, 7) is 3.97. The second-order valence-electron chi connectivity index (χ2n) is 7.09. The number of hydrogen-bond acceptors (Lipinski definition) is 2. The van der Waals surface area contributed by atoms with Crippen molar-refractivity contribution in [1.29, 1.82) is 0 Å². The van der Waals surface area contributed by atoms with Crippen molar-refractivity contribution in [2.24, 2.45) is 5.92 Å². The summed E-state index contributed by atoms with van der Waals surface area (Å²) in [6.07, 6.45) is -4.85. The summed E-state index contributed by atoms with van der Waals surface area (Å²) in [5.41, 5.74) is -6.10.